The first-order chi connectivity index (χ1) is 11.5. The summed E-state index contributed by atoms with van der Waals surface area (Å²) in [4.78, 5) is 11.1. The van der Waals surface area contributed by atoms with E-state index in [1.807, 2.05) is 0 Å². The highest BCUT2D eigenvalue weighted by Crippen LogP contribution is 2.24. The normalized spacial score (nSPS) is 19.4. The lowest BCUT2D eigenvalue weighted by Crippen LogP contribution is -2.30. The van der Waals surface area contributed by atoms with Gasteiger partial charge >= 0.3 is 5.97 Å². The van der Waals surface area contributed by atoms with Crippen LogP contribution in [0.15, 0.2) is 34.1 Å². The Hall–Kier alpha value is -1.75. The van der Waals surface area contributed by atoms with E-state index in [1.54, 1.807) is 21.5 Å². The van der Waals surface area contributed by atoms with Crippen LogP contribution in [0.1, 0.15) is 30.5 Å². The maximum Gasteiger partial charge on any atom is 0.305 e. The van der Waals surface area contributed by atoms with Gasteiger partial charge in [-0.05, 0) is 28.8 Å². The number of nitrogens with one attached hydrogen (secondary N) is 1. The molecule has 2 atom stereocenters. The third-order valence-corrected chi connectivity index (χ3v) is 5.92. The molecule has 3 rings (SSSR count). The van der Waals surface area contributed by atoms with Crippen LogP contribution in [0, 0.1) is 0 Å². The van der Waals surface area contributed by atoms with Gasteiger partial charge in [-0.15, -0.1) is 0 Å². The Labute approximate surface area is 143 Å². The first-order valence-electron chi connectivity index (χ1n) is 7.34. The number of rotatable bonds is 7. The van der Waals surface area contributed by atoms with Gasteiger partial charge < -0.3 is 9.84 Å². The van der Waals surface area contributed by atoms with Gasteiger partial charge in [-0.25, -0.2) is 13.1 Å². The summed E-state index contributed by atoms with van der Waals surface area (Å²) >= 11 is 1.38. The van der Waals surface area contributed by atoms with Crippen molar-refractivity contribution in [3.8, 4) is 0 Å². The molecular formula is C14H17N3O5S2. The smallest absolute Gasteiger partial charge is 0.305 e. The quantitative estimate of drug-likeness (QED) is 0.761. The molecule has 0 radical (unpaired) electrons. The van der Waals surface area contributed by atoms with E-state index in [0.717, 1.165) is 6.42 Å². The molecule has 0 amide bonds. The van der Waals surface area contributed by atoms with Crippen molar-refractivity contribution >= 4 is 27.3 Å². The van der Waals surface area contributed by atoms with Gasteiger partial charge in [0, 0.05) is 12.8 Å². The molecule has 0 spiro atoms. The zero-order chi connectivity index (χ0) is 17.2. The fraction of sp³-hybridized carbons (Fsp3) is 0.429. The average Bonchev–Trinajstić information content (AvgIpc) is 3.26. The van der Waals surface area contributed by atoms with Crippen molar-refractivity contribution in [3.63, 3.8) is 0 Å². The van der Waals surface area contributed by atoms with Crippen molar-refractivity contribution in [1.29, 1.82) is 0 Å². The molecule has 8 nitrogen and oxygen atoms in total. The highest BCUT2D eigenvalue weighted by molar-refractivity contribution is 7.89. The van der Waals surface area contributed by atoms with Crippen molar-refractivity contribution in [3.05, 3.63) is 34.8 Å². The fourth-order valence-electron chi connectivity index (χ4n) is 2.52. The lowest BCUT2D eigenvalue weighted by atomic mass is 10.1. The minimum atomic E-state index is -3.87. The number of nitrogens with zero attached hydrogens (tertiary/aromatic N) is 2. The van der Waals surface area contributed by atoms with Crippen molar-refractivity contribution < 1.29 is 23.1 Å². The molecule has 0 aliphatic carbocycles. The lowest BCUT2D eigenvalue weighted by molar-refractivity contribution is -0.137. The van der Waals surface area contributed by atoms with E-state index in [9.17, 15) is 13.2 Å². The number of carboxylic acid groups (broad SMARTS) is 1. The molecule has 24 heavy (non-hydrogen) atoms. The second-order valence-corrected chi connectivity index (χ2v) is 8.00. The Morgan fingerprint density at radius 1 is 1.58 bits per heavy atom. The number of thiophene rings is 1. The van der Waals surface area contributed by atoms with Gasteiger partial charge in [0.05, 0.1) is 31.3 Å². The van der Waals surface area contributed by atoms with Crippen LogP contribution in [0.5, 0.6) is 0 Å². The second kappa shape index (κ2) is 7.01. The van der Waals surface area contributed by atoms with Crippen LogP contribution in [0.2, 0.25) is 0 Å². The average molecular weight is 371 g/mol. The zero-order valence-corrected chi connectivity index (χ0v) is 14.3. The van der Waals surface area contributed by atoms with Gasteiger partial charge in [0.25, 0.3) is 0 Å². The number of aromatic nitrogens is 2. The third kappa shape index (κ3) is 3.83. The molecule has 1 fully saturated rings. The maximum absolute atomic E-state index is 12.6. The lowest BCUT2D eigenvalue weighted by Gasteiger charge is -2.15. The number of hydrogen-bond acceptors (Lipinski definition) is 6. The zero-order valence-electron chi connectivity index (χ0n) is 12.7. The highest BCUT2D eigenvalue weighted by Gasteiger charge is 2.26. The summed E-state index contributed by atoms with van der Waals surface area (Å²) < 4.78 is 34.4. The Balaban J connectivity index is 1.79. The summed E-state index contributed by atoms with van der Waals surface area (Å²) in [6.07, 6.45) is 3.17. The van der Waals surface area contributed by atoms with Gasteiger partial charge in [-0.1, -0.05) is 0 Å². The standard InChI is InChI=1S/C14H17N3O5S2/c18-14(19)5-13(10-2-4-23-9-10)16-24(20,21)12-6-15-17(7-12)11-1-3-22-8-11/h2,4,6-7,9,11,13,16H,1,3,5,8H2,(H,18,19). The summed E-state index contributed by atoms with van der Waals surface area (Å²) in [6, 6.07) is 0.914. The van der Waals surface area contributed by atoms with Crippen LogP contribution in [0.25, 0.3) is 0 Å². The summed E-state index contributed by atoms with van der Waals surface area (Å²) in [7, 11) is -3.87. The molecule has 1 aliphatic rings. The molecule has 10 heteroatoms. The molecule has 130 valence electrons. The first-order valence-corrected chi connectivity index (χ1v) is 9.76. The van der Waals surface area contributed by atoms with Crippen LogP contribution >= 0.6 is 11.3 Å². The van der Waals surface area contributed by atoms with Crippen LogP contribution in [-0.4, -0.2) is 42.5 Å². The second-order valence-electron chi connectivity index (χ2n) is 5.50. The molecule has 1 saturated heterocycles. The minimum Gasteiger partial charge on any atom is -0.481 e. The monoisotopic (exact) mass is 371 g/mol. The van der Waals surface area contributed by atoms with Crippen molar-refractivity contribution in [1.82, 2.24) is 14.5 Å². The van der Waals surface area contributed by atoms with Crippen LogP contribution < -0.4 is 4.72 Å². The van der Waals surface area contributed by atoms with E-state index in [4.69, 9.17) is 9.84 Å². The summed E-state index contributed by atoms with van der Waals surface area (Å²) in [5, 5.41) is 16.6. The predicted octanol–water partition coefficient (Wildman–Crippen LogP) is 1.40. The predicted molar refractivity (Wildman–Crippen MR) is 86.3 cm³/mol. The van der Waals surface area contributed by atoms with Gasteiger partial charge in [-0.2, -0.15) is 16.4 Å². The van der Waals surface area contributed by atoms with E-state index >= 15 is 0 Å². The van der Waals surface area contributed by atoms with E-state index in [2.05, 4.69) is 9.82 Å². The Kier molecular flexibility index (Phi) is 4.99. The minimum absolute atomic E-state index is 0.0139. The summed E-state index contributed by atoms with van der Waals surface area (Å²) in [6.45, 7) is 1.13. The molecule has 2 N–H and O–H groups in total. The van der Waals surface area contributed by atoms with Crippen molar-refractivity contribution in [2.75, 3.05) is 13.2 Å². The molecule has 0 saturated carbocycles. The van der Waals surface area contributed by atoms with E-state index in [0.29, 0.717) is 18.8 Å². The number of carboxylic acids is 1. The highest BCUT2D eigenvalue weighted by atomic mass is 32.2. The fourth-order valence-corrected chi connectivity index (χ4v) is 4.40. The van der Waals surface area contributed by atoms with Gasteiger partial charge in [0.1, 0.15) is 4.90 Å². The summed E-state index contributed by atoms with van der Waals surface area (Å²) in [5.74, 6) is -1.08. The number of hydrogen-bond donors (Lipinski definition) is 2. The molecule has 2 unspecified atom stereocenters. The number of aliphatic carboxylic acids is 1. The van der Waals surface area contributed by atoms with Crippen molar-refractivity contribution in [2.24, 2.45) is 0 Å². The van der Waals surface area contributed by atoms with Crippen LogP contribution in [0.3, 0.4) is 0 Å². The Morgan fingerprint density at radius 2 is 2.42 bits per heavy atom. The molecule has 3 heterocycles. The topological polar surface area (TPSA) is 111 Å². The van der Waals surface area contributed by atoms with Gasteiger partial charge in [0.15, 0.2) is 0 Å². The largest absolute Gasteiger partial charge is 0.481 e. The van der Waals surface area contributed by atoms with E-state index in [1.165, 1.54) is 23.7 Å². The van der Waals surface area contributed by atoms with E-state index < -0.39 is 22.0 Å². The number of sulfonamides is 1. The first kappa shape index (κ1) is 17.1. The molecule has 2 aromatic heterocycles. The molecule has 0 aromatic carbocycles. The molecular weight excluding hydrogens is 354 g/mol. The Bertz CT molecular complexity index is 794. The van der Waals surface area contributed by atoms with Gasteiger partial charge in [0.2, 0.25) is 10.0 Å². The number of ether oxygens (including phenoxy) is 1. The van der Waals surface area contributed by atoms with Gasteiger partial charge in [-0.3, -0.25) is 9.48 Å². The van der Waals surface area contributed by atoms with Crippen LogP contribution in [0.4, 0.5) is 0 Å². The molecule has 0 bridgehead atoms. The maximum atomic E-state index is 12.6. The van der Waals surface area contributed by atoms with E-state index in [-0.39, 0.29) is 17.4 Å². The van der Waals surface area contributed by atoms with Crippen LogP contribution in [-0.2, 0) is 19.6 Å². The van der Waals surface area contributed by atoms with Crippen molar-refractivity contribution in [2.45, 2.75) is 29.8 Å². The Morgan fingerprint density at radius 3 is 3.04 bits per heavy atom. The summed E-state index contributed by atoms with van der Waals surface area (Å²) in [5.41, 5.74) is 0.627. The molecule has 1 aliphatic heterocycles. The number of carbonyl (C=O) groups is 1. The SMILES string of the molecule is O=C(O)CC(NS(=O)(=O)c1cnn(C2CCOC2)c1)c1ccsc1. The third-order valence-electron chi connectivity index (χ3n) is 3.79. The molecule has 2 aromatic rings.